The number of fused-ring (bicyclic) bond motifs is 1. The van der Waals surface area contributed by atoms with Gasteiger partial charge in [-0.05, 0) is 83.9 Å². The quantitative estimate of drug-likeness (QED) is 0.0772. The number of halogens is 1. The molecule has 0 amide bonds. The number of carbonyl (C=O) groups excluding carboxylic acids is 2. The first kappa shape index (κ1) is 31.7. The SMILES string of the molecule is C=C.CC.CCOC.Cc1c(C)c2c(c(OCCSI)c1C/C=C(/C=O)C1CC1)C(=O)OC2. The molecule has 0 saturated heterocycles. The third-order valence-corrected chi connectivity index (χ3v) is 6.89. The van der Waals surface area contributed by atoms with Crippen molar-refractivity contribution in [3.63, 3.8) is 0 Å². The lowest BCUT2D eigenvalue weighted by molar-refractivity contribution is -0.105. The van der Waals surface area contributed by atoms with Crippen LogP contribution < -0.4 is 4.74 Å². The molecule has 1 aromatic carbocycles. The van der Waals surface area contributed by atoms with E-state index < -0.39 is 0 Å². The predicted molar refractivity (Wildman–Crippen MR) is 148 cm³/mol. The Balaban J connectivity index is 0.00000113. The molecule has 5 nitrogen and oxygen atoms in total. The van der Waals surface area contributed by atoms with Gasteiger partial charge in [0.25, 0.3) is 0 Å². The van der Waals surface area contributed by atoms with Crippen LogP contribution in [0.25, 0.3) is 0 Å². The van der Waals surface area contributed by atoms with Gasteiger partial charge in [-0.1, -0.05) is 28.9 Å². The average Bonchev–Trinajstić information content (AvgIpc) is 3.63. The smallest absolute Gasteiger partial charge is 0.342 e. The number of carbonyl (C=O) groups is 2. The molecule has 1 aliphatic carbocycles. The minimum Gasteiger partial charge on any atom is -0.491 e. The van der Waals surface area contributed by atoms with Gasteiger partial charge < -0.3 is 14.2 Å². The molecular formula is C26H39IO5S. The summed E-state index contributed by atoms with van der Waals surface area (Å²) in [5, 5.41) is 0. The molecular weight excluding hydrogens is 551 g/mol. The summed E-state index contributed by atoms with van der Waals surface area (Å²) in [7, 11) is 3.35. The van der Waals surface area contributed by atoms with Crippen molar-refractivity contribution in [2.24, 2.45) is 5.92 Å². The number of aldehydes is 1. The highest BCUT2D eigenvalue weighted by Gasteiger charge is 2.32. The summed E-state index contributed by atoms with van der Waals surface area (Å²) in [6, 6.07) is 0. The molecule has 2 aliphatic rings. The van der Waals surface area contributed by atoms with Crippen molar-refractivity contribution in [3.8, 4) is 5.75 Å². The molecule has 0 bridgehead atoms. The second-order valence-corrected chi connectivity index (χ2v) is 9.52. The Morgan fingerprint density at radius 2 is 1.85 bits per heavy atom. The lowest BCUT2D eigenvalue weighted by Crippen LogP contribution is -2.10. The van der Waals surface area contributed by atoms with Gasteiger partial charge in [0.05, 0.1) is 6.61 Å². The molecule has 1 saturated carbocycles. The molecule has 1 aliphatic heterocycles. The first-order valence-corrected chi connectivity index (χ1v) is 14.8. The van der Waals surface area contributed by atoms with Crippen LogP contribution in [0.5, 0.6) is 5.75 Å². The molecule has 0 N–H and O–H groups in total. The van der Waals surface area contributed by atoms with E-state index in [4.69, 9.17) is 9.47 Å². The Bertz CT molecular complexity index is 786. The number of allylic oxidation sites excluding steroid dienone is 2. The highest BCUT2D eigenvalue weighted by molar-refractivity contribution is 14.2. The largest absolute Gasteiger partial charge is 0.491 e. The molecule has 3 rings (SSSR count). The number of esters is 1. The fraction of sp³-hybridized carbons (Fsp3) is 0.538. The molecule has 1 aromatic rings. The minimum absolute atomic E-state index is 0.307. The van der Waals surface area contributed by atoms with Gasteiger partial charge in [0, 0.05) is 30.6 Å². The van der Waals surface area contributed by atoms with Crippen LogP contribution in [0.1, 0.15) is 66.2 Å². The van der Waals surface area contributed by atoms with Gasteiger partial charge in [-0.15, -0.1) is 13.2 Å². The monoisotopic (exact) mass is 590 g/mol. The second kappa shape index (κ2) is 18.1. The number of hydrogen-bond acceptors (Lipinski definition) is 6. The fourth-order valence-corrected chi connectivity index (χ4v) is 3.92. The highest BCUT2D eigenvalue weighted by Crippen LogP contribution is 2.40. The molecule has 0 aromatic heterocycles. The zero-order valence-corrected chi connectivity index (χ0v) is 23.9. The van der Waals surface area contributed by atoms with Crippen molar-refractivity contribution in [2.45, 2.75) is 60.5 Å². The summed E-state index contributed by atoms with van der Waals surface area (Å²) < 4.78 is 15.8. The Morgan fingerprint density at radius 3 is 2.33 bits per heavy atom. The Labute approximate surface area is 216 Å². The van der Waals surface area contributed by atoms with Gasteiger partial charge in [-0.2, -0.15) is 0 Å². The predicted octanol–water partition coefficient (Wildman–Crippen LogP) is 6.99. The lowest BCUT2D eigenvalue weighted by atomic mass is 9.91. The van der Waals surface area contributed by atoms with Crippen LogP contribution in [-0.4, -0.2) is 38.3 Å². The van der Waals surface area contributed by atoms with Crippen LogP contribution >= 0.6 is 30.1 Å². The van der Waals surface area contributed by atoms with Crippen LogP contribution in [-0.2, 0) is 27.3 Å². The molecule has 7 heteroatoms. The molecule has 186 valence electrons. The number of ether oxygens (including phenoxy) is 3. The van der Waals surface area contributed by atoms with Crippen molar-refractivity contribution in [2.75, 3.05) is 26.1 Å². The summed E-state index contributed by atoms with van der Waals surface area (Å²) in [6.07, 6.45) is 5.75. The van der Waals surface area contributed by atoms with Crippen LogP contribution in [0.15, 0.2) is 24.8 Å². The van der Waals surface area contributed by atoms with Gasteiger partial charge in [0.15, 0.2) is 0 Å². The lowest BCUT2D eigenvalue weighted by Gasteiger charge is -2.18. The molecule has 33 heavy (non-hydrogen) atoms. The van der Waals surface area contributed by atoms with E-state index in [0.29, 0.717) is 36.9 Å². The van der Waals surface area contributed by atoms with E-state index in [2.05, 4.69) is 46.0 Å². The molecule has 0 radical (unpaired) electrons. The fourth-order valence-electron chi connectivity index (χ4n) is 3.23. The number of hydrogen-bond donors (Lipinski definition) is 0. The number of benzene rings is 1. The third-order valence-electron chi connectivity index (χ3n) is 5.24. The summed E-state index contributed by atoms with van der Waals surface area (Å²) in [4.78, 5) is 23.6. The zero-order chi connectivity index (χ0) is 25.4. The van der Waals surface area contributed by atoms with E-state index in [1.54, 1.807) is 16.0 Å². The van der Waals surface area contributed by atoms with Crippen molar-refractivity contribution in [1.29, 1.82) is 0 Å². The summed E-state index contributed by atoms with van der Waals surface area (Å²) in [6.45, 7) is 17.7. The number of rotatable bonds is 9. The average molecular weight is 591 g/mol. The second-order valence-electron chi connectivity index (χ2n) is 7.03. The third kappa shape index (κ3) is 9.45. The number of cyclic esters (lactones) is 1. The van der Waals surface area contributed by atoms with E-state index in [9.17, 15) is 9.59 Å². The van der Waals surface area contributed by atoms with Crippen molar-refractivity contribution >= 4 is 42.4 Å². The first-order chi connectivity index (χ1) is 16.0. The van der Waals surface area contributed by atoms with Crippen LogP contribution in [0.4, 0.5) is 0 Å². The normalized spacial score (nSPS) is 13.8. The van der Waals surface area contributed by atoms with E-state index in [1.165, 1.54) is 0 Å². The maximum Gasteiger partial charge on any atom is 0.342 e. The minimum atomic E-state index is -0.307. The van der Waals surface area contributed by atoms with E-state index >= 15 is 0 Å². The van der Waals surface area contributed by atoms with Gasteiger partial charge >= 0.3 is 5.97 Å². The van der Waals surface area contributed by atoms with E-state index in [1.807, 2.05) is 33.8 Å². The van der Waals surface area contributed by atoms with E-state index in [-0.39, 0.29) is 5.97 Å². The van der Waals surface area contributed by atoms with Crippen LogP contribution in [0, 0.1) is 19.8 Å². The van der Waals surface area contributed by atoms with Gasteiger partial charge in [-0.3, -0.25) is 4.79 Å². The Hall–Kier alpha value is -1.32. The number of methoxy groups -OCH3 is 1. The topological polar surface area (TPSA) is 61.8 Å². The van der Waals surface area contributed by atoms with Crippen LogP contribution in [0.2, 0.25) is 0 Å². The van der Waals surface area contributed by atoms with E-state index in [0.717, 1.165) is 59.3 Å². The first-order valence-electron chi connectivity index (χ1n) is 11.3. The highest BCUT2D eigenvalue weighted by atomic mass is 127. The Kier molecular flexibility index (Phi) is 17.3. The Morgan fingerprint density at radius 1 is 1.24 bits per heavy atom. The van der Waals surface area contributed by atoms with Crippen molar-refractivity contribution < 1.29 is 23.8 Å². The van der Waals surface area contributed by atoms with Gasteiger partial charge in [0.1, 0.15) is 24.2 Å². The molecule has 0 spiro atoms. The van der Waals surface area contributed by atoms with Crippen molar-refractivity contribution in [1.82, 2.24) is 0 Å². The van der Waals surface area contributed by atoms with Crippen molar-refractivity contribution in [3.05, 3.63) is 52.6 Å². The summed E-state index contributed by atoms with van der Waals surface area (Å²) >= 11 is 2.23. The molecule has 1 heterocycles. The standard InChI is InChI=1S/C19H21IO4S.C3H8O.C2H6.C2H4/c1-11-12(2)16-10-24-19(22)17(16)18(23-7-8-25-20)15(11)6-5-14(9-21)13-3-4-13;1-3-4-2;2*1-2/h5,9,13H,3-4,6-8,10H2,1-2H3;3H2,1-2H3;1-2H3;1-2H2/b14-5-;;;. The van der Waals surface area contributed by atoms with Gasteiger partial charge in [0.2, 0.25) is 0 Å². The zero-order valence-electron chi connectivity index (χ0n) is 20.9. The molecule has 0 atom stereocenters. The van der Waals surface area contributed by atoms with Crippen LogP contribution in [0.3, 0.4) is 0 Å². The molecule has 1 fully saturated rings. The maximum atomic E-state index is 12.3. The maximum absolute atomic E-state index is 12.3. The molecule has 0 unspecified atom stereocenters. The summed E-state index contributed by atoms with van der Waals surface area (Å²) in [5.74, 6) is 1.59. The summed E-state index contributed by atoms with van der Waals surface area (Å²) in [5.41, 5.74) is 5.57. The van der Waals surface area contributed by atoms with Gasteiger partial charge in [-0.25, -0.2) is 4.79 Å².